The van der Waals surface area contributed by atoms with Gasteiger partial charge in [-0.2, -0.15) is 5.26 Å². The van der Waals surface area contributed by atoms with Crippen LogP contribution in [0.15, 0.2) is 60.7 Å². The van der Waals surface area contributed by atoms with E-state index >= 15 is 0 Å². The lowest BCUT2D eigenvalue weighted by Gasteiger charge is -2.13. The summed E-state index contributed by atoms with van der Waals surface area (Å²) < 4.78 is 5.54. The summed E-state index contributed by atoms with van der Waals surface area (Å²) in [5, 5.41) is 13.6. The van der Waals surface area contributed by atoms with Gasteiger partial charge in [-0.15, -0.1) is 0 Å². The highest BCUT2D eigenvalue weighted by atomic mass is 16.5. The lowest BCUT2D eigenvalue weighted by atomic mass is 10.1. The molecule has 0 amide bonds. The number of hydrogen-bond acceptors (Lipinski definition) is 3. The molecule has 0 saturated heterocycles. The van der Waals surface area contributed by atoms with Crippen molar-refractivity contribution in [3.63, 3.8) is 0 Å². The predicted molar refractivity (Wildman–Crippen MR) is 118 cm³/mol. The van der Waals surface area contributed by atoms with Gasteiger partial charge in [-0.3, -0.25) is 0 Å². The molecule has 0 unspecified atom stereocenters. The predicted octanol–water partition coefficient (Wildman–Crippen LogP) is 5.94. The van der Waals surface area contributed by atoms with Crippen LogP contribution in [0.1, 0.15) is 22.3 Å². The Bertz CT molecular complexity index is 1170. The Morgan fingerprint density at radius 1 is 0.966 bits per heavy atom. The van der Waals surface area contributed by atoms with Gasteiger partial charge in [0.2, 0.25) is 0 Å². The second-order valence-corrected chi connectivity index (χ2v) is 7.28. The van der Waals surface area contributed by atoms with E-state index in [1.807, 2.05) is 30.3 Å². The molecule has 1 heterocycles. The summed E-state index contributed by atoms with van der Waals surface area (Å²) >= 11 is 0. The monoisotopic (exact) mass is 381 g/mol. The number of H-pyrrole nitrogens is 1. The number of anilines is 1. The fraction of sp³-hybridized carbons (Fsp3) is 0.160. The Morgan fingerprint density at radius 3 is 2.45 bits per heavy atom. The first-order valence-electron chi connectivity index (χ1n) is 9.58. The number of aryl methyl sites for hydroxylation is 2. The van der Waals surface area contributed by atoms with Gasteiger partial charge < -0.3 is 15.0 Å². The minimum Gasteiger partial charge on any atom is -0.495 e. The molecule has 0 fully saturated rings. The quantitative estimate of drug-likeness (QED) is 0.449. The average molecular weight is 381 g/mol. The number of fused-ring (bicyclic) bond motifs is 1. The summed E-state index contributed by atoms with van der Waals surface area (Å²) in [5.74, 6) is 0.796. The fourth-order valence-electron chi connectivity index (χ4n) is 3.47. The molecule has 2 N–H and O–H groups in total. The number of aromatic nitrogens is 1. The van der Waals surface area contributed by atoms with Crippen molar-refractivity contribution in [2.75, 3.05) is 12.4 Å². The molecule has 0 aliphatic rings. The van der Waals surface area contributed by atoms with Crippen molar-refractivity contribution in [1.82, 2.24) is 4.98 Å². The zero-order chi connectivity index (χ0) is 20.4. The van der Waals surface area contributed by atoms with Crippen molar-refractivity contribution in [2.45, 2.75) is 20.4 Å². The third-order valence-electron chi connectivity index (χ3n) is 5.31. The highest BCUT2D eigenvalue weighted by molar-refractivity contribution is 5.87. The number of benzene rings is 3. The smallest absolute Gasteiger partial charge is 0.142 e. The highest BCUT2D eigenvalue weighted by Gasteiger charge is 2.09. The zero-order valence-corrected chi connectivity index (χ0v) is 16.8. The molecule has 29 heavy (non-hydrogen) atoms. The molecule has 144 valence electrons. The highest BCUT2D eigenvalue weighted by Crippen LogP contribution is 2.32. The Balaban J connectivity index is 1.63. The molecule has 1 aromatic heterocycles. The van der Waals surface area contributed by atoms with Crippen LogP contribution in [0, 0.1) is 25.2 Å². The first kappa shape index (κ1) is 18.6. The average Bonchev–Trinajstić information content (AvgIpc) is 3.15. The molecule has 0 saturated carbocycles. The molecular weight excluding hydrogens is 358 g/mol. The summed E-state index contributed by atoms with van der Waals surface area (Å²) in [7, 11) is 1.68. The van der Waals surface area contributed by atoms with Crippen molar-refractivity contribution in [1.29, 1.82) is 5.26 Å². The summed E-state index contributed by atoms with van der Waals surface area (Å²) in [4.78, 5) is 3.53. The van der Waals surface area contributed by atoms with Crippen LogP contribution in [0.25, 0.3) is 22.2 Å². The number of hydrogen-bond donors (Lipinski definition) is 2. The second kappa shape index (κ2) is 7.73. The molecule has 0 radical (unpaired) electrons. The van der Waals surface area contributed by atoms with Gasteiger partial charge in [0.15, 0.2) is 0 Å². The fourth-order valence-corrected chi connectivity index (χ4v) is 3.47. The molecule has 0 aliphatic heterocycles. The second-order valence-electron chi connectivity index (χ2n) is 7.28. The van der Waals surface area contributed by atoms with Gasteiger partial charge in [0.1, 0.15) is 5.75 Å². The first-order chi connectivity index (χ1) is 14.1. The van der Waals surface area contributed by atoms with Crippen molar-refractivity contribution in [3.8, 4) is 23.1 Å². The molecular formula is C25H23N3O. The number of methoxy groups -OCH3 is 1. The van der Waals surface area contributed by atoms with Crippen LogP contribution in [0.5, 0.6) is 5.75 Å². The number of nitriles is 1. The van der Waals surface area contributed by atoms with Gasteiger partial charge in [-0.25, -0.2) is 0 Å². The topological polar surface area (TPSA) is 60.8 Å². The minimum atomic E-state index is 0.649. The number of nitrogens with one attached hydrogen (secondary N) is 2. The lowest BCUT2D eigenvalue weighted by Crippen LogP contribution is -2.01. The zero-order valence-electron chi connectivity index (χ0n) is 16.8. The summed E-state index contributed by atoms with van der Waals surface area (Å²) in [6.45, 7) is 4.92. The number of rotatable bonds is 5. The van der Waals surface area contributed by atoms with Gasteiger partial charge in [0.05, 0.1) is 24.4 Å². The van der Waals surface area contributed by atoms with Crippen LogP contribution in [0.2, 0.25) is 0 Å². The molecule has 3 aromatic carbocycles. The summed E-state index contributed by atoms with van der Waals surface area (Å²) in [6.07, 6.45) is 0. The van der Waals surface area contributed by atoms with Crippen molar-refractivity contribution in [3.05, 3.63) is 82.9 Å². The first-order valence-corrected chi connectivity index (χ1v) is 9.58. The van der Waals surface area contributed by atoms with E-state index in [1.165, 1.54) is 16.5 Å². The maximum absolute atomic E-state index is 8.94. The van der Waals surface area contributed by atoms with Crippen LogP contribution in [-0.4, -0.2) is 12.1 Å². The Morgan fingerprint density at radius 2 is 1.72 bits per heavy atom. The molecule has 4 heteroatoms. The normalized spacial score (nSPS) is 10.7. The molecule has 0 spiro atoms. The van der Waals surface area contributed by atoms with E-state index in [0.717, 1.165) is 33.8 Å². The molecule has 4 rings (SSSR count). The van der Waals surface area contributed by atoms with Crippen LogP contribution in [-0.2, 0) is 6.54 Å². The van der Waals surface area contributed by atoms with Gasteiger partial charge in [0, 0.05) is 28.7 Å². The summed E-state index contributed by atoms with van der Waals surface area (Å²) in [5.41, 5.74) is 8.60. The maximum Gasteiger partial charge on any atom is 0.142 e. The van der Waals surface area contributed by atoms with E-state index in [9.17, 15) is 0 Å². The van der Waals surface area contributed by atoms with Crippen LogP contribution in [0.4, 0.5) is 5.69 Å². The number of aromatic amines is 1. The summed E-state index contributed by atoms with van der Waals surface area (Å²) in [6, 6.07) is 22.5. The molecule has 0 atom stereocenters. The molecule has 4 aromatic rings. The Kier molecular flexibility index (Phi) is 4.97. The van der Waals surface area contributed by atoms with E-state index in [0.29, 0.717) is 12.1 Å². The van der Waals surface area contributed by atoms with Crippen LogP contribution < -0.4 is 10.1 Å². The van der Waals surface area contributed by atoms with E-state index < -0.39 is 0 Å². The van der Waals surface area contributed by atoms with Gasteiger partial charge in [-0.05, 0) is 79.1 Å². The third kappa shape index (κ3) is 3.81. The standard InChI is InChI=1S/C25H23N3O/c1-16-10-21-13-23(28-22(21)11-17(16)2)20-8-9-25(29-3)24(12-20)27-15-19-6-4-18(14-26)5-7-19/h4-13,27-28H,15H2,1-3H3. The molecule has 4 nitrogen and oxygen atoms in total. The van der Waals surface area contributed by atoms with E-state index in [-0.39, 0.29) is 0 Å². The van der Waals surface area contributed by atoms with Gasteiger partial charge in [-0.1, -0.05) is 12.1 Å². The number of nitrogens with zero attached hydrogens (tertiary/aromatic N) is 1. The maximum atomic E-state index is 8.94. The van der Waals surface area contributed by atoms with Crippen molar-refractivity contribution in [2.24, 2.45) is 0 Å². The SMILES string of the molecule is COc1ccc(-c2cc3cc(C)c(C)cc3[nH]2)cc1NCc1ccc(C#N)cc1. The third-order valence-corrected chi connectivity index (χ3v) is 5.31. The number of ether oxygens (including phenoxy) is 1. The van der Waals surface area contributed by atoms with Gasteiger partial charge in [0.25, 0.3) is 0 Å². The van der Waals surface area contributed by atoms with E-state index in [1.54, 1.807) is 7.11 Å². The van der Waals surface area contributed by atoms with E-state index in [2.05, 4.69) is 60.5 Å². The largest absolute Gasteiger partial charge is 0.495 e. The van der Waals surface area contributed by atoms with Crippen LogP contribution >= 0.6 is 0 Å². The van der Waals surface area contributed by atoms with Crippen molar-refractivity contribution >= 4 is 16.6 Å². The van der Waals surface area contributed by atoms with Crippen LogP contribution in [0.3, 0.4) is 0 Å². The molecule has 0 bridgehead atoms. The molecule has 0 aliphatic carbocycles. The van der Waals surface area contributed by atoms with E-state index in [4.69, 9.17) is 10.00 Å². The van der Waals surface area contributed by atoms with Crippen molar-refractivity contribution < 1.29 is 4.74 Å². The van der Waals surface area contributed by atoms with Gasteiger partial charge >= 0.3 is 0 Å². The lowest BCUT2D eigenvalue weighted by molar-refractivity contribution is 0.416. The minimum absolute atomic E-state index is 0.649. The Labute approximate surface area is 170 Å². The Hall–Kier alpha value is -3.71.